The number of benzene rings is 2. The third-order valence-corrected chi connectivity index (χ3v) is 7.06. The largest absolute Gasteiger partial charge is 0.306 e. The molecule has 4 nitrogen and oxygen atoms in total. The van der Waals surface area contributed by atoms with Gasteiger partial charge in [-0.2, -0.15) is 0 Å². The van der Waals surface area contributed by atoms with Crippen LogP contribution in [0.25, 0.3) is 20.7 Å². The van der Waals surface area contributed by atoms with Gasteiger partial charge in [-0.1, -0.05) is 60.7 Å². The van der Waals surface area contributed by atoms with Crippen LogP contribution in [0.15, 0.2) is 71.5 Å². The number of piperidine rings is 1. The number of thiophene rings is 1. The van der Waals surface area contributed by atoms with Crippen molar-refractivity contribution in [3.8, 4) is 10.4 Å². The molecule has 0 bridgehead atoms. The van der Waals surface area contributed by atoms with Crippen LogP contribution in [-0.4, -0.2) is 34.6 Å². The first-order valence-corrected chi connectivity index (χ1v) is 11.3. The molecule has 5 rings (SSSR count). The van der Waals surface area contributed by atoms with Crippen LogP contribution in [0.3, 0.4) is 0 Å². The van der Waals surface area contributed by atoms with E-state index in [1.807, 2.05) is 47.0 Å². The summed E-state index contributed by atoms with van der Waals surface area (Å²) in [5.41, 5.74) is 2.43. The molecule has 0 amide bonds. The van der Waals surface area contributed by atoms with E-state index in [4.69, 9.17) is 4.98 Å². The standard InChI is InChI=1S/C25H25N3OS/c1-27-14-12-20(13-15-27)28-23(16-18-8-4-2-5-9-18)26-24-21(25(28)29)17-22(30-24)19-10-6-3-7-11-19/h2-11,17,20H,12-16H2,1H3. The van der Waals surface area contributed by atoms with Crippen LogP contribution in [0.2, 0.25) is 0 Å². The van der Waals surface area contributed by atoms with E-state index in [2.05, 4.69) is 36.2 Å². The molecule has 0 aliphatic carbocycles. The van der Waals surface area contributed by atoms with Crippen molar-refractivity contribution < 1.29 is 0 Å². The summed E-state index contributed by atoms with van der Waals surface area (Å²) in [6.45, 7) is 2.03. The molecular formula is C25H25N3OS. The second-order valence-electron chi connectivity index (χ2n) is 8.10. The van der Waals surface area contributed by atoms with E-state index in [1.54, 1.807) is 11.3 Å². The molecule has 4 aromatic rings. The zero-order valence-corrected chi connectivity index (χ0v) is 17.9. The number of likely N-dealkylation sites (tertiary alicyclic amines) is 1. The molecule has 1 fully saturated rings. The molecule has 0 spiro atoms. The van der Waals surface area contributed by atoms with Crippen molar-refractivity contribution in [1.29, 1.82) is 0 Å². The van der Waals surface area contributed by atoms with Gasteiger partial charge in [0.2, 0.25) is 0 Å². The highest BCUT2D eigenvalue weighted by Crippen LogP contribution is 2.32. The Hall–Kier alpha value is -2.76. The van der Waals surface area contributed by atoms with Gasteiger partial charge in [0, 0.05) is 17.3 Å². The first-order valence-electron chi connectivity index (χ1n) is 10.5. The third-order valence-electron chi connectivity index (χ3n) is 5.99. The number of fused-ring (bicyclic) bond motifs is 1. The van der Waals surface area contributed by atoms with E-state index in [0.717, 1.165) is 52.4 Å². The molecule has 2 aromatic carbocycles. The summed E-state index contributed by atoms with van der Waals surface area (Å²) in [5.74, 6) is 0.884. The van der Waals surface area contributed by atoms with Gasteiger partial charge in [0.05, 0.1) is 5.39 Å². The molecule has 30 heavy (non-hydrogen) atoms. The average molecular weight is 416 g/mol. The topological polar surface area (TPSA) is 38.1 Å². The fraction of sp³-hybridized carbons (Fsp3) is 0.280. The molecule has 0 N–H and O–H groups in total. The first kappa shape index (κ1) is 19.2. The summed E-state index contributed by atoms with van der Waals surface area (Å²) in [6.07, 6.45) is 2.65. The number of rotatable bonds is 4. The summed E-state index contributed by atoms with van der Waals surface area (Å²) in [5, 5.41) is 0.745. The second-order valence-corrected chi connectivity index (χ2v) is 9.13. The van der Waals surface area contributed by atoms with Crippen LogP contribution < -0.4 is 5.56 Å². The summed E-state index contributed by atoms with van der Waals surface area (Å²) in [7, 11) is 2.15. The Labute approximate surface area is 180 Å². The molecule has 3 heterocycles. The Balaban J connectivity index is 1.65. The van der Waals surface area contributed by atoms with E-state index in [0.29, 0.717) is 6.42 Å². The number of hydrogen-bond donors (Lipinski definition) is 0. The molecule has 0 saturated carbocycles. The maximum Gasteiger partial charge on any atom is 0.262 e. The smallest absolute Gasteiger partial charge is 0.262 e. The predicted molar refractivity (Wildman–Crippen MR) is 124 cm³/mol. The maximum atomic E-state index is 13.7. The van der Waals surface area contributed by atoms with Gasteiger partial charge in [0.1, 0.15) is 10.7 Å². The minimum Gasteiger partial charge on any atom is -0.306 e. The van der Waals surface area contributed by atoms with Gasteiger partial charge < -0.3 is 4.90 Å². The van der Waals surface area contributed by atoms with E-state index < -0.39 is 0 Å². The van der Waals surface area contributed by atoms with Crippen molar-refractivity contribution >= 4 is 21.6 Å². The van der Waals surface area contributed by atoms with Gasteiger partial charge in [-0.3, -0.25) is 9.36 Å². The van der Waals surface area contributed by atoms with Crippen molar-refractivity contribution in [3.63, 3.8) is 0 Å². The predicted octanol–water partition coefficient (Wildman–Crippen LogP) is 4.98. The van der Waals surface area contributed by atoms with Crippen LogP contribution in [-0.2, 0) is 6.42 Å². The SMILES string of the molecule is CN1CCC(n2c(Cc3ccccc3)nc3sc(-c4ccccc4)cc3c2=O)CC1. The zero-order valence-electron chi connectivity index (χ0n) is 17.1. The minimum atomic E-state index is 0.110. The van der Waals surface area contributed by atoms with Crippen LogP contribution in [0, 0.1) is 0 Å². The fourth-order valence-corrected chi connectivity index (χ4v) is 5.36. The Kier molecular flexibility index (Phi) is 5.23. The monoisotopic (exact) mass is 415 g/mol. The highest BCUT2D eigenvalue weighted by Gasteiger charge is 2.24. The lowest BCUT2D eigenvalue weighted by molar-refractivity contribution is 0.216. The maximum absolute atomic E-state index is 13.7. The lowest BCUT2D eigenvalue weighted by atomic mass is 10.0. The van der Waals surface area contributed by atoms with Gasteiger partial charge in [-0.15, -0.1) is 11.3 Å². The third kappa shape index (κ3) is 3.71. The van der Waals surface area contributed by atoms with E-state index in [-0.39, 0.29) is 11.6 Å². The molecule has 0 atom stereocenters. The van der Waals surface area contributed by atoms with Crippen molar-refractivity contribution in [1.82, 2.24) is 14.5 Å². The Morgan fingerprint density at radius 3 is 2.37 bits per heavy atom. The van der Waals surface area contributed by atoms with Crippen LogP contribution in [0.1, 0.15) is 30.3 Å². The van der Waals surface area contributed by atoms with Crippen LogP contribution >= 0.6 is 11.3 Å². The Morgan fingerprint density at radius 1 is 1.00 bits per heavy atom. The van der Waals surface area contributed by atoms with Crippen LogP contribution in [0.4, 0.5) is 0 Å². The highest BCUT2D eigenvalue weighted by atomic mass is 32.1. The van der Waals surface area contributed by atoms with Gasteiger partial charge >= 0.3 is 0 Å². The molecule has 1 saturated heterocycles. The second kappa shape index (κ2) is 8.17. The van der Waals surface area contributed by atoms with Gasteiger partial charge in [0.15, 0.2) is 0 Å². The molecule has 1 aliphatic heterocycles. The lowest BCUT2D eigenvalue weighted by Crippen LogP contribution is -2.37. The van der Waals surface area contributed by atoms with Gasteiger partial charge in [0.25, 0.3) is 5.56 Å². The molecular weight excluding hydrogens is 390 g/mol. The van der Waals surface area contributed by atoms with Gasteiger partial charge in [-0.05, 0) is 50.2 Å². The van der Waals surface area contributed by atoms with Gasteiger partial charge in [-0.25, -0.2) is 4.98 Å². The zero-order chi connectivity index (χ0) is 20.5. The molecule has 0 radical (unpaired) electrons. The highest BCUT2D eigenvalue weighted by molar-refractivity contribution is 7.21. The molecule has 5 heteroatoms. The Morgan fingerprint density at radius 2 is 1.67 bits per heavy atom. The van der Waals surface area contributed by atoms with Crippen molar-refractivity contribution in [2.75, 3.05) is 20.1 Å². The molecule has 1 aliphatic rings. The van der Waals surface area contributed by atoms with Crippen molar-refractivity contribution in [3.05, 3.63) is 88.5 Å². The fourth-order valence-electron chi connectivity index (χ4n) is 4.31. The summed E-state index contributed by atoms with van der Waals surface area (Å²) in [6, 6.07) is 22.8. The van der Waals surface area contributed by atoms with E-state index >= 15 is 0 Å². The lowest BCUT2D eigenvalue weighted by Gasteiger charge is -2.31. The number of nitrogens with zero attached hydrogens (tertiary/aromatic N) is 3. The summed E-state index contributed by atoms with van der Waals surface area (Å²) >= 11 is 1.61. The first-order chi connectivity index (χ1) is 14.7. The normalized spacial score (nSPS) is 15.6. The quantitative estimate of drug-likeness (QED) is 0.472. The molecule has 2 aromatic heterocycles. The molecule has 152 valence electrons. The van der Waals surface area contributed by atoms with E-state index in [9.17, 15) is 4.79 Å². The van der Waals surface area contributed by atoms with E-state index in [1.165, 1.54) is 5.56 Å². The van der Waals surface area contributed by atoms with Crippen molar-refractivity contribution in [2.24, 2.45) is 0 Å². The number of hydrogen-bond acceptors (Lipinski definition) is 4. The average Bonchev–Trinajstić information content (AvgIpc) is 3.21. The molecule has 0 unspecified atom stereocenters. The Bertz CT molecular complexity index is 1210. The van der Waals surface area contributed by atoms with Crippen molar-refractivity contribution in [2.45, 2.75) is 25.3 Å². The van der Waals surface area contributed by atoms with Crippen LogP contribution in [0.5, 0.6) is 0 Å². The summed E-state index contributed by atoms with van der Waals surface area (Å²) < 4.78 is 2.00. The number of aromatic nitrogens is 2. The summed E-state index contributed by atoms with van der Waals surface area (Å²) in [4.78, 5) is 23.0. The minimum absolute atomic E-state index is 0.110.